The van der Waals surface area contributed by atoms with E-state index in [4.69, 9.17) is 0 Å². The van der Waals surface area contributed by atoms with Crippen molar-refractivity contribution in [3.63, 3.8) is 0 Å². The van der Waals surface area contributed by atoms with Crippen molar-refractivity contribution < 1.29 is 13.2 Å². The minimum absolute atomic E-state index is 0.0891. The molecule has 7 heteroatoms. The number of benzene rings is 1. The summed E-state index contributed by atoms with van der Waals surface area (Å²) in [6.45, 7) is 3.43. The first kappa shape index (κ1) is 15.8. The summed E-state index contributed by atoms with van der Waals surface area (Å²) in [6, 6.07) is 6.58. The monoisotopic (exact) mass is 311 g/mol. The quantitative estimate of drug-likeness (QED) is 0.845. The fourth-order valence-corrected chi connectivity index (χ4v) is 2.89. The second-order valence-electron chi connectivity index (χ2n) is 5.25. The van der Waals surface area contributed by atoms with Crippen LogP contribution >= 0.6 is 0 Å². The fourth-order valence-electron chi connectivity index (χ4n) is 2.26. The highest BCUT2D eigenvalue weighted by Gasteiger charge is 2.18. The van der Waals surface area contributed by atoms with Gasteiger partial charge in [0.15, 0.2) is 9.84 Å². The molecule has 6 nitrogen and oxygen atoms in total. The van der Waals surface area contributed by atoms with E-state index in [-0.39, 0.29) is 17.3 Å². The van der Waals surface area contributed by atoms with Crippen LogP contribution in [0.2, 0.25) is 0 Å². The van der Waals surface area contributed by atoms with Crippen molar-refractivity contribution in [2.45, 2.75) is 4.90 Å². The summed E-state index contributed by atoms with van der Waals surface area (Å²) in [5, 5.41) is 3.21. The fraction of sp³-hybridized carbons (Fsp3) is 0.500. The number of rotatable bonds is 4. The molecule has 1 heterocycles. The molecule has 1 fully saturated rings. The number of likely N-dealkylation sites (N-methyl/N-ethyl adjacent to an activating group) is 1. The Hall–Kier alpha value is -1.60. The number of sulfone groups is 1. The third kappa shape index (κ3) is 4.18. The van der Waals surface area contributed by atoms with Gasteiger partial charge in [-0.25, -0.2) is 8.42 Å². The van der Waals surface area contributed by atoms with Crippen molar-refractivity contribution >= 4 is 21.4 Å². The summed E-state index contributed by atoms with van der Waals surface area (Å²) >= 11 is 0. The number of nitrogens with zero attached hydrogens (tertiary/aromatic N) is 2. The maximum absolute atomic E-state index is 12.2. The average Bonchev–Trinajstić information content (AvgIpc) is 2.47. The Labute approximate surface area is 125 Å². The van der Waals surface area contributed by atoms with Crippen molar-refractivity contribution in [2.24, 2.45) is 0 Å². The Kier molecular flexibility index (Phi) is 4.84. The molecule has 21 heavy (non-hydrogen) atoms. The Bertz CT molecular complexity index is 592. The van der Waals surface area contributed by atoms with Crippen LogP contribution in [0.1, 0.15) is 0 Å². The molecule has 116 valence electrons. The van der Waals surface area contributed by atoms with E-state index in [1.54, 1.807) is 24.3 Å². The smallest absolute Gasteiger partial charge is 0.242 e. The maximum Gasteiger partial charge on any atom is 0.242 e. The van der Waals surface area contributed by atoms with Gasteiger partial charge in [-0.15, -0.1) is 0 Å². The number of piperazine rings is 1. The van der Waals surface area contributed by atoms with Crippen molar-refractivity contribution in [1.82, 2.24) is 10.2 Å². The van der Waals surface area contributed by atoms with Gasteiger partial charge in [-0.05, 0) is 24.3 Å². The molecule has 0 radical (unpaired) electrons. The maximum atomic E-state index is 12.2. The molecule has 0 aromatic heterocycles. The Balaban J connectivity index is 1.99. The largest absolute Gasteiger partial charge is 0.365 e. The van der Waals surface area contributed by atoms with Crippen LogP contribution < -0.4 is 10.2 Å². The van der Waals surface area contributed by atoms with Gasteiger partial charge in [0.25, 0.3) is 0 Å². The molecule has 1 aliphatic rings. The number of amides is 1. The molecule has 1 amide bonds. The number of anilines is 1. The molecule has 2 rings (SSSR count). The van der Waals surface area contributed by atoms with Gasteiger partial charge in [0.05, 0.1) is 11.4 Å². The molecule has 1 saturated heterocycles. The lowest BCUT2D eigenvalue weighted by molar-refractivity contribution is -0.130. The topological polar surface area (TPSA) is 69.7 Å². The second-order valence-corrected chi connectivity index (χ2v) is 7.27. The molecule has 0 unspecified atom stereocenters. The highest BCUT2D eigenvalue weighted by Crippen LogP contribution is 2.17. The molecular weight excluding hydrogens is 290 g/mol. The zero-order chi connectivity index (χ0) is 15.5. The van der Waals surface area contributed by atoms with Crippen LogP contribution in [-0.2, 0) is 14.6 Å². The van der Waals surface area contributed by atoms with E-state index < -0.39 is 9.84 Å². The third-order valence-electron chi connectivity index (χ3n) is 3.55. The molecular formula is C14H21N3O3S. The van der Waals surface area contributed by atoms with E-state index in [1.807, 2.05) is 16.8 Å². The van der Waals surface area contributed by atoms with Gasteiger partial charge in [-0.3, -0.25) is 4.79 Å². The normalized spacial score (nSPS) is 15.8. The lowest BCUT2D eigenvalue weighted by Crippen LogP contribution is -2.49. The van der Waals surface area contributed by atoms with Gasteiger partial charge in [-0.1, -0.05) is 0 Å². The van der Waals surface area contributed by atoms with Crippen LogP contribution in [0.5, 0.6) is 0 Å². The molecule has 0 bridgehead atoms. The van der Waals surface area contributed by atoms with E-state index >= 15 is 0 Å². The first-order valence-electron chi connectivity index (χ1n) is 6.87. The van der Waals surface area contributed by atoms with Gasteiger partial charge in [0, 0.05) is 45.2 Å². The highest BCUT2D eigenvalue weighted by molar-refractivity contribution is 7.90. The first-order valence-corrected chi connectivity index (χ1v) is 8.77. The molecule has 1 aromatic carbocycles. The predicted octanol–water partition coefficient (Wildman–Crippen LogP) is -0.0419. The van der Waals surface area contributed by atoms with Gasteiger partial charge >= 0.3 is 0 Å². The number of nitrogens with one attached hydrogen (secondary N) is 1. The van der Waals surface area contributed by atoms with Crippen LogP contribution in [0, 0.1) is 0 Å². The minimum Gasteiger partial charge on any atom is -0.365 e. The van der Waals surface area contributed by atoms with Crippen molar-refractivity contribution in [1.29, 1.82) is 0 Å². The molecule has 0 saturated carbocycles. The summed E-state index contributed by atoms with van der Waals surface area (Å²) in [6.07, 6.45) is 1.18. The number of hydrogen-bond acceptors (Lipinski definition) is 5. The van der Waals surface area contributed by atoms with Crippen molar-refractivity contribution in [3.05, 3.63) is 24.3 Å². The van der Waals surface area contributed by atoms with Crippen LogP contribution in [0.15, 0.2) is 29.2 Å². The molecule has 1 N–H and O–H groups in total. The zero-order valence-corrected chi connectivity index (χ0v) is 13.2. The Morgan fingerprint density at radius 3 is 2.33 bits per heavy atom. The second kappa shape index (κ2) is 6.44. The van der Waals surface area contributed by atoms with E-state index in [1.165, 1.54) is 6.26 Å². The SMILES string of the molecule is CN(CC(=O)N1CCNCC1)c1ccc(S(C)(=O)=O)cc1. The standard InChI is InChI=1S/C14H21N3O3S/c1-16(11-14(18)17-9-7-15-8-10-17)12-3-5-13(6-4-12)21(2,19)20/h3-6,15H,7-11H2,1-2H3. The highest BCUT2D eigenvalue weighted by atomic mass is 32.2. The van der Waals surface area contributed by atoms with E-state index in [2.05, 4.69) is 5.32 Å². The lowest BCUT2D eigenvalue weighted by atomic mass is 10.3. The minimum atomic E-state index is -3.19. The van der Waals surface area contributed by atoms with Crippen molar-refractivity contribution in [2.75, 3.05) is 50.9 Å². The van der Waals surface area contributed by atoms with Gasteiger partial charge in [-0.2, -0.15) is 0 Å². The summed E-state index contributed by atoms with van der Waals surface area (Å²) < 4.78 is 22.8. The molecule has 0 spiro atoms. The molecule has 1 aliphatic heterocycles. The van der Waals surface area contributed by atoms with Gasteiger partial charge in [0.1, 0.15) is 0 Å². The Morgan fingerprint density at radius 2 is 1.81 bits per heavy atom. The average molecular weight is 311 g/mol. The van der Waals surface area contributed by atoms with Crippen molar-refractivity contribution in [3.8, 4) is 0 Å². The number of carbonyl (C=O) groups is 1. The third-order valence-corrected chi connectivity index (χ3v) is 4.68. The predicted molar refractivity (Wildman–Crippen MR) is 82.3 cm³/mol. The number of carbonyl (C=O) groups excluding carboxylic acids is 1. The van der Waals surface area contributed by atoms with Crippen LogP contribution in [-0.4, -0.2) is 65.3 Å². The van der Waals surface area contributed by atoms with Crippen LogP contribution in [0.25, 0.3) is 0 Å². The first-order chi connectivity index (χ1) is 9.88. The number of hydrogen-bond donors (Lipinski definition) is 1. The molecule has 0 aliphatic carbocycles. The van der Waals surface area contributed by atoms with Gasteiger partial charge < -0.3 is 15.1 Å². The Morgan fingerprint density at radius 1 is 1.24 bits per heavy atom. The van der Waals surface area contributed by atoms with E-state index in [9.17, 15) is 13.2 Å². The molecule has 1 aromatic rings. The van der Waals surface area contributed by atoms with Crippen LogP contribution in [0.4, 0.5) is 5.69 Å². The summed E-state index contributed by atoms with van der Waals surface area (Å²) in [4.78, 5) is 16.1. The van der Waals surface area contributed by atoms with Crippen LogP contribution in [0.3, 0.4) is 0 Å². The van der Waals surface area contributed by atoms with Gasteiger partial charge in [0.2, 0.25) is 5.91 Å². The van der Waals surface area contributed by atoms with E-state index in [0.29, 0.717) is 0 Å². The lowest BCUT2D eigenvalue weighted by Gasteiger charge is -2.29. The molecule has 0 atom stereocenters. The van der Waals surface area contributed by atoms with E-state index in [0.717, 1.165) is 31.9 Å². The zero-order valence-electron chi connectivity index (χ0n) is 12.4. The summed E-state index contributed by atoms with van der Waals surface area (Å²) in [7, 11) is -1.36. The summed E-state index contributed by atoms with van der Waals surface area (Å²) in [5.41, 5.74) is 0.825. The summed E-state index contributed by atoms with van der Waals surface area (Å²) in [5.74, 6) is 0.0891.